The summed E-state index contributed by atoms with van der Waals surface area (Å²) < 4.78 is 0. The van der Waals surface area contributed by atoms with Gasteiger partial charge in [-0.2, -0.15) is 0 Å². The van der Waals surface area contributed by atoms with Crippen molar-refractivity contribution in [3.8, 4) is 0 Å². The largest absolute Gasteiger partial charge is 2.00 e. The van der Waals surface area contributed by atoms with Crippen LogP contribution in [0.5, 0.6) is 0 Å². The van der Waals surface area contributed by atoms with Gasteiger partial charge in [-0.05, 0) is 6.92 Å². The van der Waals surface area contributed by atoms with Crippen molar-refractivity contribution in [1.29, 1.82) is 0 Å². The molecule has 0 aliphatic rings. The van der Waals surface area contributed by atoms with Gasteiger partial charge >= 0.3 is 23.1 Å². The summed E-state index contributed by atoms with van der Waals surface area (Å²) in [7, 11) is 0. The van der Waals surface area contributed by atoms with Crippen molar-refractivity contribution in [2.24, 2.45) is 0 Å². The summed E-state index contributed by atoms with van der Waals surface area (Å²) in [5, 5.41) is 18.4. The van der Waals surface area contributed by atoms with Gasteiger partial charge in [0, 0.05) is 12.4 Å². The Bertz CT molecular complexity index is 101. The van der Waals surface area contributed by atoms with Crippen molar-refractivity contribution in [3.63, 3.8) is 0 Å². The normalized spacial score (nSPS) is 6.82. The summed E-state index contributed by atoms with van der Waals surface area (Å²) in [6, 6.07) is 0. The van der Waals surface area contributed by atoms with Crippen molar-refractivity contribution in [1.82, 2.24) is 0 Å². The summed E-state index contributed by atoms with van der Waals surface area (Å²) >= 11 is 0. The van der Waals surface area contributed by atoms with Gasteiger partial charge in [0.2, 0.25) is 0 Å². The number of carboxylic acids is 1. The molecule has 5 heteroatoms. The number of carbonyl (C=O) groups excluding carboxylic acids is 2. The third kappa shape index (κ3) is 40.8. The van der Waals surface area contributed by atoms with Gasteiger partial charge in [-0.15, -0.1) is 6.61 Å². The zero-order chi connectivity index (χ0) is 8.57. The molecule has 0 heterocycles. The maximum atomic E-state index is 9.83. The van der Waals surface area contributed by atoms with Crippen LogP contribution in [0.25, 0.3) is 0 Å². The van der Waals surface area contributed by atoms with E-state index in [-0.39, 0.29) is 35.4 Å². The molecule has 0 radical (unpaired) electrons. The van der Waals surface area contributed by atoms with Crippen molar-refractivity contribution in [3.05, 3.63) is 0 Å². The number of hydrogen-bond acceptors (Lipinski definition) is 4. The van der Waals surface area contributed by atoms with E-state index in [0.29, 0.717) is 0 Å². The van der Waals surface area contributed by atoms with E-state index in [4.69, 9.17) is 5.11 Å². The molecule has 4 nitrogen and oxygen atoms in total. The first-order valence-corrected chi connectivity index (χ1v) is 2.82. The number of carboxylic acid groups (broad SMARTS) is 1. The summed E-state index contributed by atoms with van der Waals surface area (Å²) in [4.78, 5) is 19.3. The molecular formula is C6H10MgO4. The molecule has 0 rings (SSSR count). The van der Waals surface area contributed by atoms with E-state index in [1.54, 1.807) is 6.92 Å². The van der Waals surface area contributed by atoms with Gasteiger partial charge in [-0.25, -0.2) is 0 Å². The van der Waals surface area contributed by atoms with Crippen LogP contribution in [-0.4, -0.2) is 41.4 Å². The molecule has 0 bridgehead atoms. The summed E-state index contributed by atoms with van der Waals surface area (Å²) in [5.74, 6) is -1.69. The number of rotatable bonds is 2. The fourth-order valence-electron chi connectivity index (χ4n) is 0.203. The minimum atomic E-state index is -1.31. The molecule has 0 atom stereocenters. The Kier molecular flexibility index (Phi) is 19.5. The van der Waals surface area contributed by atoms with Gasteiger partial charge in [0.15, 0.2) is 0 Å². The first-order valence-electron chi connectivity index (χ1n) is 2.82. The first kappa shape index (κ1) is 17.1. The molecule has 0 aliphatic heterocycles. The second-order valence-electron chi connectivity index (χ2n) is 1.54. The molecule has 0 N–H and O–H groups in total. The summed E-state index contributed by atoms with van der Waals surface area (Å²) in [5.41, 5.74) is 0. The molecule has 0 aromatic rings. The van der Waals surface area contributed by atoms with Crippen molar-refractivity contribution >= 4 is 34.8 Å². The van der Waals surface area contributed by atoms with Gasteiger partial charge in [0.05, 0.1) is 0 Å². The molecule has 60 valence electrons. The maximum absolute atomic E-state index is 9.83. The van der Waals surface area contributed by atoms with Gasteiger partial charge in [-0.1, -0.05) is 6.92 Å². The second kappa shape index (κ2) is 12.5. The Morgan fingerprint density at radius 3 is 1.64 bits per heavy atom. The van der Waals surface area contributed by atoms with Crippen molar-refractivity contribution in [2.75, 3.05) is 6.61 Å². The third-order valence-electron chi connectivity index (χ3n) is 0.393. The second-order valence-corrected chi connectivity index (χ2v) is 1.54. The average molecular weight is 170 g/mol. The Labute approximate surface area is 81.8 Å². The van der Waals surface area contributed by atoms with Gasteiger partial charge in [0.25, 0.3) is 0 Å². The molecule has 0 fully saturated rings. The standard InChI is InChI=1S/C4H6O3.C2H5O.Mg/c1-3(5)2-4(6)7;1-2-3;/h2H2,1H3,(H,6,7);2H2,1H3;/q;-1;+2/p-1. The number of ketones is 1. The van der Waals surface area contributed by atoms with Crippen LogP contribution in [-0.2, 0) is 9.59 Å². The number of Topliss-reactive ketones (excluding diaryl/α,β-unsaturated/α-hetero) is 1. The molecular weight excluding hydrogens is 160 g/mol. The average Bonchev–Trinajstić information content (AvgIpc) is 1.62. The van der Waals surface area contributed by atoms with Crippen LogP contribution in [0.3, 0.4) is 0 Å². The van der Waals surface area contributed by atoms with E-state index in [0.717, 1.165) is 0 Å². The van der Waals surface area contributed by atoms with Gasteiger partial charge < -0.3 is 15.0 Å². The predicted octanol–water partition coefficient (Wildman–Crippen LogP) is -2.30. The minimum absolute atomic E-state index is 0. The van der Waals surface area contributed by atoms with Crippen molar-refractivity contribution in [2.45, 2.75) is 20.3 Å². The van der Waals surface area contributed by atoms with E-state index >= 15 is 0 Å². The van der Waals surface area contributed by atoms with Crippen LogP contribution < -0.4 is 10.2 Å². The Hall–Kier alpha value is -0.134. The Morgan fingerprint density at radius 1 is 1.36 bits per heavy atom. The smallest absolute Gasteiger partial charge is 0.855 e. The van der Waals surface area contributed by atoms with Crippen LogP contribution in [0, 0.1) is 0 Å². The zero-order valence-corrected chi connectivity index (χ0v) is 8.17. The maximum Gasteiger partial charge on any atom is 2.00 e. The van der Waals surface area contributed by atoms with E-state index in [1.165, 1.54) is 6.92 Å². The van der Waals surface area contributed by atoms with Crippen LogP contribution in [0.2, 0.25) is 0 Å². The van der Waals surface area contributed by atoms with E-state index in [9.17, 15) is 14.7 Å². The number of hydrogen-bond donors (Lipinski definition) is 0. The van der Waals surface area contributed by atoms with E-state index in [2.05, 4.69) is 0 Å². The zero-order valence-electron chi connectivity index (χ0n) is 6.75. The van der Waals surface area contributed by atoms with Crippen LogP contribution in [0.15, 0.2) is 0 Å². The quantitative estimate of drug-likeness (QED) is 0.345. The molecule has 0 amide bonds. The summed E-state index contributed by atoms with van der Waals surface area (Å²) in [6.07, 6.45) is -0.472. The van der Waals surface area contributed by atoms with Crippen LogP contribution in [0.4, 0.5) is 0 Å². The molecule has 11 heavy (non-hydrogen) atoms. The Morgan fingerprint density at radius 2 is 1.64 bits per heavy atom. The molecule has 0 aliphatic carbocycles. The predicted molar refractivity (Wildman–Crippen MR) is 36.6 cm³/mol. The third-order valence-corrected chi connectivity index (χ3v) is 0.393. The van der Waals surface area contributed by atoms with E-state index in [1.807, 2.05) is 0 Å². The van der Waals surface area contributed by atoms with Gasteiger partial charge in [-0.3, -0.25) is 4.79 Å². The fraction of sp³-hybridized carbons (Fsp3) is 0.667. The fourth-order valence-corrected chi connectivity index (χ4v) is 0.203. The number of carbonyl (C=O) groups is 2. The van der Waals surface area contributed by atoms with Crippen molar-refractivity contribution < 1.29 is 19.8 Å². The molecule has 0 spiro atoms. The molecule has 0 aromatic heterocycles. The number of aliphatic carboxylic acids is 1. The van der Waals surface area contributed by atoms with Crippen LogP contribution >= 0.6 is 0 Å². The van der Waals surface area contributed by atoms with Gasteiger partial charge in [0.1, 0.15) is 5.78 Å². The summed E-state index contributed by atoms with van der Waals surface area (Å²) in [6.45, 7) is 2.77. The van der Waals surface area contributed by atoms with E-state index < -0.39 is 12.4 Å². The molecule has 0 aromatic carbocycles. The molecule has 0 saturated heterocycles. The topological polar surface area (TPSA) is 80.3 Å². The monoisotopic (exact) mass is 170 g/mol. The minimum Gasteiger partial charge on any atom is -0.855 e. The molecule has 0 saturated carbocycles. The first-order chi connectivity index (χ1) is 4.54. The molecule has 0 unspecified atom stereocenters. The SMILES string of the molecule is CC(=O)CC(=O)[O-].CC[O-].[Mg+2]. The Balaban J connectivity index is -0.000000140. The van der Waals surface area contributed by atoms with Crippen LogP contribution in [0.1, 0.15) is 20.3 Å².